The second-order valence-electron chi connectivity index (χ2n) is 4.10. The van der Waals surface area contributed by atoms with Crippen LogP contribution in [-0.4, -0.2) is 21.0 Å². The summed E-state index contributed by atoms with van der Waals surface area (Å²) in [6.07, 6.45) is 5.31. The number of non-ortho nitro benzene ring substituents is 1. The highest BCUT2D eigenvalue weighted by Crippen LogP contribution is 2.30. The minimum atomic E-state index is -0.450. The molecule has 19 heavy (non-hydrogen) atoms. The van der Waals surface area contributed by atoms with Crippen molar-refractivity contribution < 1.29 is 4.92 Å². The van der Waals surface area contributed by atoms with Gasteiger partial charge in [-0.1, -0.05) is 11.6 Å². The fourth-order valence-electron chi connectivity index (χ4n) is 1.78. The van der Waals surface area contributed by atoms with Crippen LogP contribution < -0.4 is 5.32 Å². The summed E-state index contributed by atoms with van der Waals surface area (Å²) < 4.78 is 1.93. The van der Waals surface area contributed by atoms with Crippen molar-refractivity contribution in [2.45, 2.75) is 13.5 Å². The molecule has 0 fully saturated rings. The maximum Gasteiger partial charge on any atom is 0.271 e. The summed E-state index contributed by atoms with van der Waals surface area (Å²) in [6.45, 7) is 3.19. The zero-order valence-corrected chi connectivity index (χ0v) is 11.1. The predicted octanol–water partition coefficient (Wildman–Crippen LogP) is 2.87. The van der Waals surface area contributed by atoms with E-state index in [1.165, 1.54) is 12.1 Å². The lowest BCUT2D eigenvalue weighted by atomic mass is 10.2. The number of imidazole rings is 1. The molecule has 0 atom stereocenters. The van der Waals surface area contributed by atoms with Crippen LogP contribution in [0.5, 0.6) is 0 Å². The Morgan fingerprint density at radius 3 is 2.89 bits per heavy atom. The molecular formula is C12H13ClN4O2. The van der Waals surface area contributed by atoms with Crippen LogP contribution in [0, 0.1) is 17.0 Å². The Labute approximate surface area is 115 Å². The molecule has 0 spiro atoms. The fourth-order valence-corrected chi connectivity index (χ4v) is 2.11. The van der Waals surface area contributed by atoms with Gasteiger partial charge in [-0.15, -0.1) is 0 Å². The van der Waals surface area contributed by atoms with Crippen LogP contribution in [0.2, 0.25) is 5.02 Å². The van der Waals surface area contributed by atoms with E-state index in [1.54, 1.807) is 19.4 Å². The number of rotatable bonds is 5. The highest BCUT2D eigenvalue weighted by atomic mass is 35.5. The Morgan fingerprint density at radius 1 is 1.53 bits per heavy atom. The van der Waals surface area contributed by atoms with Gasteiger partial charge in [0.1, 0.15) is 0 Å². The van der Waals surface area contributed by atoms with E-state index in [0.717, 1.165) is 17.8 Å². The van der Waals surface area contributed by atoms with Crippen molar-refractivity contribution in [1.82, 2.24) is 9.55 Å². The molecule has 0 saturated heterocycles. The van der Waals surface area contributed by atoms with Crippen molar-refractivity contribution in [2.75, 3.05) is 11.9 Å². The van der Waals surface area contributed by atoms with Gasteiger partial charge in [-0.25, -0.2) is 4.98 Å². The average molecular weight is 281 g/mol. The molecule has 1 N–H and O–H groups in total. The lowest BCUT2D eigenvalue weighted by Crippen LogP contribution is -2.10. The number of halogens is 1. The number of hydrogen-bond acceptors (Lipinski definition) is 4. The number of benzene rings is 1. The van der Waals surface area contributed by atoms with Gasteiger partial charge in [0.25, 0.3) is 5.69 Å². The highest BCUT2D eigenvalue weighted by Gasteiger charge is 2.12. The number of aromatic nitrogens is 2. The van der Waals surface area contributed by atoms with Crippen molar-refractivity contribution in [3.63, 3.8) is 0 Å². The van der Waals surface area contributed by atoms with Crippen LogP contribution >= 0.6 is 11.6 Å². The smallest absolute Gasteiger partial charge is 0.271 e. The number of anilines is 1. The zero-order chi connectivity index (χ0) is 13.8. The van der Waals surface area contributed by atoms with E-state index in [-0.39, 0.29) is 5.69 Å². The second-order valence-corrected chi connectivity index (χ2v) is 4.51. The summed E-state index contributed by atoms with van der Waals surface area (Å²) in [4.78, 5) is 14.2. The van der Waals surface area contributed by atoms with Gasteiger partial charge in [0.2, 0.25) is 0 Å². The maximum absolute atomic E-state index is 10.7. The van der Waals surface area contributed by atoms with Gasteiger partial charge in [0.05, 0.1) is 22.0 Å². The molecule has 0 saturated carbocycles. The summed E-state index contributed by atoms with van der Waals surface area (Å²) in [6, 6.07) is 2.86. The maximum atomic E-state index is 10.7. The SMILES string of the molecule is Cc1cc([N+](=O)[O-])cc(Cl)c1NCCn1ccnc1. The van der Waals surface area contributed by atoms with Crippen molar-refractivity contribution in [1.29, 1.82) is 0 Å². The van der Waals surface area contributed by atoms with E-state index in [2.05, 4.69) is 10.3 Å². The Bertz CT molecular complexity index is 560. The monoisotopic (exact) mass is 280 g/mol. The van der Waals surface area contributed by atoms with Gasteiger partial charge in [-0.05, 0) is 12.5 Å². The van der Waals surface area contributed by atoms with Crippen LogP contribution in [0.15, 0.2) is 30.9 Å². The van der Waals surface area contributed by atoms with Crippen molar-refractivity contribution in [2.24, 2.45) is 0 Å². The van der Waals surface area contributed by atoms with E-state index < -0.39 is 4.92 Å². The van der Waals surface area contributed by atoms with Crippen molar-refractivity contribution in [3.05, 3.63) is 51.6 Å². The lowest BCUT2D eigenvalue weighted by Gasteiger charge is -2.11. The molecule has 100 valence electrons. The van der Waals surface area contributed by atoms with Gasteiger partial charge in [0.15, 0.2) is 0 Å². The van der Waals surface area contributed by atoms with E-state index in [4.69, 9.17) is 11.6 Å². The molecular weight excluding hydrogens is 268 g/mol. The van der Waals surface area contributed by atoms with E-state index in [0.29, 0.717) is 11.6 Å². The first-order chi connectivity index (χ1) is 9.08. The van der Waals surface area contributed by atoms with Crippen molar-refractivity contribution >= 4 is 23.0 Å². The predicted molar refractivity (Wildman–Crippen MR) is 73.6 cm³/mol. The quantitative estimate of drug-likeness (QED) is 0.675. The number of aryl methyl sites for hydroxylation is 1. The topological polar surface area (TPSA) is 73.0 Å². The Balaban J connectivity index is 2.06. The number of nitrogens with one attached hydrogen (secondary N) is 1. The summed E-state index contributed by atoms with van der Waals surface area (Å²) in [5, 5.41) is 14.2. The number of nitro groups is 1. The summed E-state index contributed by atoms with van der Waals surface area (Å²) >= 11 is 6.05. The molecule has 1 heterocycles. The molecule has 0 amide bonds. The minimum absolute atomic E-state index is 0.00246. The number of nitrogens with zero attached hydrogens (tertiary/aromatic N) is 3. The van der Waals surface area contributed by atoms with Crippen LogP contribution in [0.25, 0.3) is 0 Å². The molecule has 7 heteroatoms. The molecule has 0 aliphatic heterocycles. The van der Waals surface area contributed by atoms with Crippen molar-refractivity contribution in [3.8, 4) is 0 Å². The Kier molecular flexibility index (Phi) is 4.01. The van der Waals surface area contributed by atoms with Crippen LogP contribution in [0.1, 0.15) is 5.56 Å². The Hall–Kier alpha value is -2.08. The third-order valence-electron chi connectivity index (χ3n) is 2.71. The first kappa shape index (κ1) is 13.4. The molecule has 1 aromatic heterocycles. The van der Waals surface area contributed by atoms with Gasteiger partial charge in [-0.2, -0.15) is 0 Å². The normalized spacial score (nSPS) is 10.4. The molecule has 0 unspecified atom stereocenters. The van der Waals surface area contributed by atoms with Crippen LogP contribution in [0.4, 0.5) is 11.4 Å². The highest BCUT2D eigenvalue weighted by molar-refractivity contribution is 6.33. The molecule has 6 nitrogen and oxygen atoms in total. The standard InChI is InChI=1S/C12H13ClN4O2/c1-9-6-10(17(18)19)7-11(13)12(9)15-3-5-16-4-2-14-8-16/h2,4,6-8,15H,3,5H2,1H3. The molecule has 0 radical (unpaired) electrons. The van der Waals surface area contributed by atoms with Gasteiger partial charge in [0, 0.05) is 37.6 Å². The lowest BCUT2D eigenvalue weighted by molar-refractivity contribution is -0.384. The Morgan fingerprint density at radius 2 is 2.32 bits per heavy atom. The molecule has 0 bridgehead atoms. The third kappa shape index (κ3) is 3.23. The first-order valence-corrected chi connectivity index (χ1v) is 6.10. The van der Waals surface area contributed by atoms with Crippen LogP contribution in [-0.2, 0) is 6.54 Å². The molecule has 2 aromatic rings. The second kappa shape index (κ2) is 5.71. The summed E-state index contributed by atoms with van der Waals surface area (Å²) in [5.41, 5.74) is 1.49. The van der Waals surface area contributed by atoms with Crippen LogP contribution in [0.3, 0.4) is 0 Å². The molecule has 1 aromatic carbocycles. The number of nitro benzene ring substituents is 1. The molecule has 2 rings (SSSR count). The largest absolute Gasteiger partial charge is 0.382 e. The average Bonchev–Trinajstić information content (AvgIpc) is 2.85. The van der Waals surface area contributed by atoms with E-state index in [9.17, 15) is 10.1 Å². The minimum Gasteiger partial charge on any atom is -0.382 e. The van der Waals surface area contributed by atoms with Gasteiger partial charge < -0.3 is 9.88 Å². The first-order valence-electron chi connectivity index (χ1n) is 5.72. The van der Waals surface area contributed by atoms with Gasteiger partial charge >= 0.3 is 0 Å². The van der Waals surface area contributed by atoms with E-state index >= 15 is 0 Å². The zero-order valence-electron chi connectivity index (χ0n) is 10.3. The van der Waals surface area contributed by atoms with Gasteiger partial charge in [-0.3, -0.25) is 10.1 Å². The third-order valence-corrected chi connectivity index (χ3v) is 3.01. The molecule has 0 aliphatic carbocycles. The summed E-state index contributed by atoms with van der Waals surface area (Å²) in [7, 11) is 0. The molecule has 0 aliphatic rings. The summed E-state index contributed by atoms with van der Waals surface area (Å²) in [5.74, 6) is 0. The fraction of sp³-hybridized carbons (Fsp3) is 0.250. The number of hydrogen-bond donors (Lipinski definition) is 1. The van der Waals surface area contributed by atoms with E-state index in [1.807, 2.05) is 10.8 Å².